The van der Waals surface area contributed by atoms with Gasteiger partial charge in [-0.05, 0) is 66.7 Å². The zero-order valence-corrected chi connectivity index (χ0v) is 17.1. The predicted octanol–water partition coefficient (Wildman–Crippen LogP) is 3.85. The highest BCUT2D eigenvalue weighted by atomic mass is 32.2. The second-order valence-electron chi connectivity index (χ2n) is 7.68. The Morgan fingerprint density at radius 3 is 2.86 bits per heavy atom. The van der Waals surface area contributed by atoms with Crippen molar-refractivity contribution in [3.8, 4) is 0 Å². The van der Waals surface area contributed by atoms with Crippen molar-refractivity contribution in [2.75, 3.05) is 24.7 Å². The first-order chi connectivity index (χ1) is 13.9. The molecule has 0 amide bonds. The number of sulfone groups is 1. The van der Waals surface area contributed by atoms with Gasteiger partial charge < -0.3 is 5.32 Å². The van der Waals surface area contributed by atoms with E-state index in [-0.39, 0.29) is 10.9 Å². The number of rotatable bonds is 5. The monoisotopic (exact) mass is 413 g/mol. The van der Waals surface area contributed by atoms with Crippen molar-refractivity contribution >= 4 is 26.3 Å². The minimum Gasteiger partial charge on any atom is -0.381 e. The van der Waals surface area contributed by atoms with Crippen molar-refractivity contribution in [2.45, 2.75) is 30.3 Å². The lowest BCUT2D eigenvalue weighted by Gasteiger charge is -2.34. The molecule has 1 aliphatic heterocycles. The van der Waals surface area contributed by atoms with Crippen LogP contribution in [0.3, 0.4) is 0 Å². The summed E-state index contributed by atoms with van der Waals surface area (Å²) in [5.41, 5.74) is 1.57. The van der Waals surface area contributed by atoms with Crippen molar-refractivity contribution in [1.29, 1.82) is 0 Å². The van der Waals surface area contributed by atoms with E-state index in [1.54, 1.807) is 6.20 Å². The van der Waals surface area contributed by atoms with Gasteiger partial charge in [0.05, 0.1) is 4.90 Å². The molecule has 2 heterocycles. The average Bonchev–Trinajstić information content (AvgIpc) is 2.67. The second kappa shape index (κ2) is 8.08. The number of hydrogen-bond donors (Lipinski definition) is 1. The van der Waals surface area contributed by atoms with Crippen molar-refractivity contribution < 1.29 is 12.8 Å². The Labute approximate surface area is 170 Å². The maximum atomic E-state index is 13.8. The summed E-state index contributed by atoms with van der Waals surface area (Å²) in [5, 5.41) is 5.82. The molecular weight excluding hydrogens is 389 g/mol. The summed E-state index contributed by atoms with van der Waals surface area (Å²) in [7, 11) is -3.40. The number of likely N-dealkylation sites (tertiary alicyclic amines) is 1. The molecule has 7 heteroatoms. The summed E-state index contributed by atoms with van der Waals surface area (Å²) in [6.07, 6.45) is 6.83. The summed E-state index contributed by atoms with van der Waals surface area (Å²) in [6, 6.07) is 12.4. The summed E-state index contributed by atoms with van der Waals surface area (Å²) in [6.45, 7) is 2.05. The molecule has 1 fully saturated rings. The third kappa shape index (κ3) is 4.74. The second-order valence-corrected chi connectivity index (χ2v) is 9.66. The van der Waals surface area contributed by atoms with E-state index < -0.39 is 15.7 Å². The highest BCUT2D eigenvalue weighted by molar-refractivity contribution is 7.90. The summed E-state index contributed by atoms with van der Waals surface area (Å²) >= 11 is 0. The van der Waals surface area contributed by atoms with Crippen LogP contribution in [0.5, 0.6) is 0 Å². The molecule has 152 valence electrons. The molecule has 0 bridgehead atoms. The Balaban J connectivity index is 1.48. The zero-order chi connectivity index (χ0) is 20.4. The fourth-order valence-corrected chi connectivity index (χ4v) is 4.91. The highest BCUT2D eigenvalue weighted by Crippen LogP contribution is 2.24. The van der Waals surface area contributed by atoms with E-state index in [1.165, 1.54) is 24.5 Å². The minimum atomic E-state index is -3.40. The molecule has 29 heavy (non-hydrogen) atoms. The van der Waals surface area contributed by atoms with Gasteiger partial charge in [-0.25, -0.2) is 12.8 Å². The molecule has 1 N–H and O–H groups in total. The lowest BCUT2D eigenvalue weighted by molar-refractivity contribution is 0.207. The first-order valence-corrected chi connectivity index (χ1v) is 11.6. The molecule has 2 aromatic carbocycles. The molecule has 5 nitrogen and oxygen atoms in total. The van der Waals surface area contributed by atoms with E-state index in [2.05, 4.69) is 33.4 Å². The summed E-state index contributed by atoms with van der Waals surface area (Å²) in [4.78, 5) is 6.54. The van der Waals surface area contributed by atoms with E-state index >= 15 is 0 Å². The maximum absolute atomic E-state index is 13.8. The number of pyridine rings is 1. The third-order valence-corrected chi connectivity index (χ3v) is 6.53. The number of piperidine rings is 1. The van der Waals surface area contributed by atoms with E-state index in [0.29, 0.717) is 12.1 Å². The highest BCUT2D eigenvalue weighted by Gasteiger charge is 2.22. The average molecular weight is 414 g/mol. The smallest absolute Gasteiger partial charge is 0.175 e. The molecule has 0 unspecified atom stereocenters. The predicted molar refractivity (Wildman–Crippen MR) is 113 cm³/mol. The Morgan fingerprint density at radius 2 is 2.03 bits per heavy atom. The summed E-state index contributed by atoms with van der Waals surface area (Å²) in [5.74, 6) is -0.412. The maximum Gasteiger partial charge on any atom is 0.175 e. The fourth-order valence-electron chi connectivity index (χ4n) is 4.00. The van der Waals surface area contributed by atoms with E-state index in [1.807, 2.05) is 12.3 Å². The quantitative estimate of drug-likeness (QED) is 0.644. The molecular formula is C22H24FN3O2S. The standard InChI is InChI=1S/C22H24FN3O2S/c1-29(27,28)22-7-5-19(23)11-18(22)14-26-10-2-3-21(15-26)25-20-6-4-17-13-24-9-8-16(17)12-20/h4-9,11-13,21,25H,2-3,10,14-15H2,1H3/t21-/m1/s1. The molecule has 1 aliphatic rings. The SMILES string of the molecule is CS(=O)(=O)c1ccc(F)cc1CN1CCC[C@@H](Nc2ccc3cnccc3c2)C1. The Morgan fingerprint density at radius 1 is 1.17 bits per heavy atom. The first kappa shape index (κ1) is 19.8. The number of aromatic nitrogens is 1. The van der Waals surface area contributed by atoms with Crippen LogP contribution in [0.4, 0.5) is 10.1 Å². The van der Waals surface area contributed by atoms with Crippen molar-refractivity contribution in [3.05, 3.63) is 66.2 Å². The van der Waals surface area contributed by atoms with Gasteiger partial charge in [0.2, 0.25) is 0 Å². The van der Waals surface area contributed by atoms with E-state index in [9.17, 15) is 12.8 Å². The van der Waals surface area contributed by atoms with Crippen LogP contribution in [0, 0.1) is 5.82 Å². The van der Waals surface area contributed by atoms with Crippen LogP contribution in [0.1, 0.15) is 18.4 Å². The molecule has 0 aliphatic carbocycles. The number of halogens is 1. The summed E-state index contributed by atoms with van der Waals surface area (Å²) < 4.78 is 37.9. The van der Waals surface area contributed by atoms with Gasteiger partial charge in [0.15, 0.2) is 9.84 Å². The van der Waals surface area contributed by atoms with Gasteiger partial charge in [-0.15, -0.1) is 0 Å². The Bertz CT molecular complexity index is 1130. The molecule has 1 saturated heterocycles. The van der Waals surface area contributed by atoms with Crippen molar-refractivity contribution in [3.63, 3.8) is 0 Å². The number of fused-ring (bicyclic) bond motifs is 1. The number of nitrogens with zero attached hydrogens (tertiary/aromatic N) is 2. The first-order valence-electron chi connectivity index (χ1n) is 9.70. The largest absolute Gasteiger partial charge is 0.381 e. The van der Waals surface area contributed by atoms with Gasteiger partial charge >= 0.3 is 0 Å². The topological polar surface area (TPSA) is 62.3 Å². The number of hydrogen-bond acceptors (Lipinski definition) is 5. The van der Waals surface area contributed by atoms with Crippen LogP contribution in [-0.4, -0.2) is 43.7 Å². The lowest BCUT2D eigenvalue weighted by Crippen LogP contribution is -2.41. The Hall–Kier alpha value is -2.51. The van der Waals surface area contributed by atoms with E-state index in [0.717, 1.165) is 42.4 Å². The lowest BCUT2D eigenvalue weighted by atomic mass is 10.0. The fraction of sp³-hybridized carbons (Fsp3) is 0.318. The third-order valence-electron chi connectivity index (χ3n) is 5.33. The molecule has 0 spiro atoms. The van der Waals surface area contributed by atoms with Crippen LogP contribution >= 0.6 is 0 Å². The number of nitrogens with one attached hydrogen (secondary N) is 1. The normalized spacial score (nSPS) is 18.1. The van der Waals surface area contributed by atoms with Gasteiger partial charge in [0.1, 0.15) is 5.82 Å². The number of benzene rings is 2. The van der Waals surface area contributed by atoms with Gasteiger partial charge in [-0.1, -0.05) is 6.07 Å². The van der Waals surface area contributed by atoms with Gasteiger partial charge in [-0.3, -0.25) is 9.88 Å². The molecule has 3 aromatic rings. The van der Waals surface area contributed by atoms with Crippen LogP contribution in [-0.2, 0) is 16.4 Å². The van der Waals surface area contributed by atoms with Crippen LogP contribution in [0.2, 0.25) is 0 Å². The molecule has 1 atom stereocenters. The van der Waals surface area contributed by atoms with Crippen molar-refractivity contribution in [2.24, 2.45) is 0 Å². The van der Waals surface area contributed by atoms with Crippen molar-refractivity contribution in [1.82, 2.24) is 9.88 Å². The van der Waals surface area contributed by atoms with Gasteiger partial charge in [0, 0.05) is 48.9 Å². The molecule has 0 radical (unpaired) electrons. The Kier molecular flexibility index (Phi) is 5.52. The zero-order valence-electron chi connectivity index (χ0n) is 16.3. The van der Waals surface area contributed by atoms with Crippen LogP contribution in [0.25, 0.3) is 10.8 Å². The van der Waals surface area contributed by atoms with E-state index in [4.69, 9.17) is 0 Å². The van der Waals surface area contributed by atoms with Gasteiger partial charge in [-0.2, -0.15) is 0 Å². The van der Waals surface area contributed by atoms with Gasteiger partial charge in [0.25, 0.3) is 0 Å². The molecule has 4 rings (SSSR count). The van der Waals surface area contributed by atoms with Crippen LogP contribution < -0.4 is 5.32 Å². The minimum absolute atomic E-state index is 0.206. The van der Waals surface area contributed by atoms with Crippen LogP contribution in [0.15, 0.2) is 59.8 Å². The number of anilines is 1. The molecule has 0 saturated carbocycles. The molecule has 1 aromatic heterocycles.